The fraction of sp³-hybridized carbons (Fsp3) is 0.167. The van der Waals surface area contributed by atoms with Crippen molar-refractivity contribution < 1.29 is 13.2 Å². The van der Waals surface area contributed by atoms with Gasteiger partial charge < -0.3 is 15.0 Å². The smallest absolute Gasteiger partial charge is 0.253 e. The highest BCUT2D eigenvalue weighted by Crippen LogP contribution is 2.27. The van der Waals surface area contributed by atoms with Crippen molar-refractivity contribution in [2.24, 2.45) is 0 Å². The molecule has 8 heteroatoms. The first-order valence-electron chi connectivity index (χ1n) is 7.72. The van der Waals surface area contributed by atoms with Crippen LogP contribution >= 0.6 is 11.6 Å². The van der Waals surface area contributed by atoms with Gasteiger partial charge in [-0.25, -0.2) is 8.42 Å². The third kappa shape index (κ3) is 3.68. The van der Waals surface area contributed by atoms with Crippen LogP contribution in [0, 0.1) is 0 Å². The summed E-state index contributed by atoms with van der Waals surface area (Å²) in [6, 6.07) is 11.9. The highest BCUT2D eigenvalue weighted by atomic mass is 35.5. The van der Waals surface area contributed by atoms with Crippen LogP contribution in [-0.4, -0.2) is 26.8 Å². The number of H-pyrrole nitrogens is 1. The number of hydrogen-bond donors (Lipinski definition) is 2. The zero-order chi connectivity index (χ0) is 18.9. The number of pyridine rings is 1. The van der Waals surface area contributed by atoms with Crippen molar-refractivity contribution in [3.8, 4) is 5.75 Å². The molecule has 0 spiro atoms. The van der Waals surface area contributed by atoms with E-state index in [4.69, 9.17) is 16.3 Å². The molecule has 0 amide bonds. The molecule has 0 radical (unpaired) electrons. The second-order valence-corrected chi connectivity index (χ2v) is 8.21. The lowest BCUT2D eigenvalue weighted by atomic mass is 10.1. The standard InChI is InChI=1S/C18H17ClN2O4S/c1-25-15-9-13(6-7-16(15)26(2,23)24)20-10-12-8-11-4-3-5-14(19)17(11)21-18(12)22/h3-9,20H,10H2,1-2H3,(H,21,22). The third-order valence-corrected chi connectivity index (χ3v) is 5.40. The molecule has 0 bridgehead atoms. The Labute approximate surface area is 155 Å². The highest BCUT2D eigenvalue weighted by molar-refractivity contribution is 7.90. The van der Waals surface area contributed by atoms with Gasteiger partial charge in [0.05, 0.1) is 17.6 Å². The summed E-state index contributed by atoms with van der Waals surface area (Å²) in [6.07, 6.45) is 1.12. The number of fused-ring (bicyclic) bond motifs is 1. The topological polar surface area (TPSA) is 88.3 Å². The second-order valence-electron chi connectivity index (χ2n) is 5.82. The van der Waals surface area contributed by atoms with Crippen LogP contribution in [0.1, 0.15) is 5.56 Å². The van der Waals surface area contributed by atoms with Gasteiger partial charge in [-0.15, -0.1) is 0 Å². The number of halogens is 1. The fourth-order valence-electron chi connectivity index (χ4n) is 2.65. The minimum absolute atomic E-state index is 0.115. The summed E-state index contributed by atoms with van der Waals surface area (Å²) >= 11 is 6.09. The first-order valence-corrected chi connectivity index (χ1v) is 9.99. The minimum atomic E-state index is -3.38. The van der Waals surface area contributed by atoms with Gasteiger partial charge in [-0.05, 0) is 24.3 Å². The van der Waals surface area contributed by atoms with E-state index in [9.17, 15) is 13.2 Å². The first-order chi connectivity index (χ1) is 12.3. The van der Waals surface area contributed by atoms with E-state index in [1.54, 1.807) is 24.3 Å². The van der Waals surface area contributed by atoms with Gasteiger partial charge in [0.2, 0.25) is 0 Å². The summed E-state index contributed by atoms with van der Waals surface area (Å²) in [5.74, 6) is 0.247. The highest BCUT2D eigenvalue weighted by Gasteiger charge is 2.14. The summed E-state index contributed by atoms with van der Waals surface area (Å²) in [5.41, 5.74) is 1.53. The number of rotatable bonds is 5. The Morgan fingerprint density at radius 2 is 1.96 bits per heavy atom. The van der Waals surface area contributed by atoms with Crippen molar-refractivity contribution in [3.63, 3.8) is 0 Å². The molecule has 6 nitrogen and oxygen atoms in total. The van der Waals surface area contributed by atoms with E-state index in [1.165, 1.54) is 13.2 Å². The number of hydrogen-bond acceptors (Lipinski definition) is 5. The molecule has 2 aromatic carbocycles. The predicted octanol–water partition coefficient (Wildman–Crippen LogP) is 3.21. The number of para-hydroxylation sites is 1. The molecule has 136 valence electrons. The Morgan fingerprint density at radius 1 is 1.19 bits per heavy atom. The van der Waals surface area contributed by atoms with Crippen LogP contribution in [0.3, 0.4) is 0 Å². The van der Waals surface area contributed by atoms with Crippen molar-refractivity contribution in [1.29, 1.82) is 0 Å². The van der Waals surface area contributed by atoms with E-state index in [1.807, 2.05) is 12.1 Å². The van der Waals surface area contributed by atoms with Crippen LogP contribution in [0.25, 0.3) is 10.9 Å². The monoisotopic (exact) mass is 392 g/mol. The van der Waals surface area contributed by atoms with Crippen molar-refractivity contribution in [3.05, 3.63) is 63.4 Å². The number of ether oxygens (including phenoxy) is 1. The molecule has 0 aliphatic rings. The lowest BCUT2D eigenvalue weighted by Crippen LogP contribution is -2.15. The van der Waals surface area contributed by atoms with E-state index in [0.29, 0.717) is 21.8 Å². The molecule has 0 atom stereocenters. The number of methoxy groups -OCH3 is 1. The largest absolute Gasteiger partial charge is 0.495 e. The lowest BCUT2D eigenvalue weighted by molar-refractivity contribution is 0.403. The first kappa shape index (κ1) is 18.3. The average Bonchev–Trinajstić information content (AvgIpc) is 2.59. The Morgan fingerprint density at radius 3 is 2.65 bits per heavy atom. The molecule has 26 heavy (non-hydrogen) atoms. The van der Waals surface area contributed by atoms with Crippen LogP contribution in [0.2, 0.25) is 5.02 Å². The Kier molecular flexibility index (Phi) is 4.93. The summed E-state index contributed by atoms with van der Waals surface area (Å²) in [7, 11) is -1.98. The summed E-state index contributed by atoms with van der Waals surface area (Å²) in [5, 5.41) is 4.43. The maximum Gasteiger partial charge on any atom is 0.253 e. The van der Waals surface area contributed by atoms with Crippen molar-refractivity contribution in [2.45, 2.75) is 11.4 Å². The third-order valence-electron chi connectivity index (χ3n) is 3.95. The normalized spacial score (nSPS) is 11.5. The van der Waals surface area contributed by atoms with Crippen LogP contribution in [-0.2, 0) is 16.4 Å². The zero-order valence-corrected chi connectivity index (χ0v) is 15.7. The molecular formula is C18H17ClN2O4S. The summed E-state index contributed by atoms with van der Waals surface area (Å²) < 4.78 is 28.6. The number of benzene rings is 2. The van der Waals surface area contributed by atoms with Gasteiger partial charge in [0, 0.05) is 35.5 Å². The molecule has 3 rings (SSSR count). The van der Waals surface area contributed by atoms with Crippen molar-refractivity contribution in [2.75, 3.05) is 18.7 Å². The van der Waals surface area contributed by atoms with Gasteiger partial charge >= 0.3 is 0 Å². The Hall–Kier alpha value is -2.51. The maximum absolute atomic E-state index is 12.3. The lowest BCUT2D eigenvalue weighted by Gasteiger charge is -2.11. The van der Waals surface area contributed by atoms with Gasteiger partial charge in [-0.2, -0.15) is 0 Å². The van der Waals surface area contributed by atoms with Crippen LogP contribution in [0.15, 0.2) is 52.2 Å². The molecule has 1 aromatic heterocycles. The van der Waals surface area contributed by atoms with Crippen LogP contribution in [0.5, 0.6) is 5.75 Å². The minimum Gasteiger partial charge on any atom is -0.495 e. The number of sulfone groups is 1. The number of aromatic amines is 1. The van der Waals surface area contributed by atoms with Gasteiger partial charge in [0.25, 0.3) is 5.56 Å². The predicted molar refractivity (Wildman–Crippen MR) is 103 cm³/mol. The number of anilines is 1. The molecule has 3 aromatic rings. The zero-order valence-electron chi connectivity index (χ0n) is 14.2. The molecule has 0 unspecified atom stereocenters. The molecule has 2 N–H and O–H groups in total. The van der Waals surface area contributed by atoms with E-state index in [-0.39, 0.29) is 22.7 Å². The number of aromatic nitrogens is 1. The van der Waals surface area contributed by atoms with E-state index in [0.717, 1.165) is 11.6 Å². The van der Waals surface area contributed by atoms with Crippen molar-refractivity contribution >= 4 is 38.0 Å². The molecule has 0 aliphatic heterocycles. The molecule has 1 heterocycles. The number of nitrogens with one attached hydrogen (secondary N) is 2. The Bertz CT molecular complexity index is 1140. The van der Waals surface area contributed by atoms with Gasteiger partial charge in [-0.1, -0.05) is 23.7 Å². The second kappa shape index (κ2) is 7.01. The SMILES string of the molecule is COc1cc(NCc2cc3cccc(Cl)c3[nH]c2=O)ccc1S(C)(=O)=O. The van der Waals surface area contributed by atoms with Gasteiger partial charge in [0.15, 0.2) is 9.84 Å². The molecular weight excluding hydrogens is 376 g/mol. The average molecular weight is 393 g/mol. The van der Waals surface area contributed by atoms with Crippen LogP contribution in [0.4, 0.5) is 5.69 Å². The summed E-state index contributed by atoms with van der Waals surface area (Å²) in [6.45, 7) is 0.263. The summed E-state index contributed by atoms with van der Waals surface area (Å²) in [4.78, 5) is 15.2. The molecule has 0 saturated heterocycles. The Balaban J connectivity index is 1.89. The van der Waals surface area contributed by atoms with Crippen LogP contribution < -0.4 is 15.6 Å². The molecule has 0 fully saturated rings. The molecule has 0 aliphatic carbocycles. The van der Waals surface area contributed by atoms with Gasteiger partial charge in [0.1, 0.15) is 10.6 Å². The van der Waals surface area contributed by atoms with E-state index < -0.39 is 9.84 Å². The van der Waals surface area contributed by atoms with Gasteiger partial charge in [-0.3, -0.25) is 4.79 Å². The fourth-order valence-corrected chi connectivity index (χ4v) is 3.70. The maximum atomic E-state index is 12.3. The quantitative estimate of drug-likeness (QED) is 0.696. The molecule has 0 saturated carbocycles. The van der Waals surface area contributed by atoms with Crippen molar-refractivity contribution in [1.82, 2.24) is 4.98 Å². The van der Waals surface area contributed by atoms with E-state index >= 15 is 0 Å². The van der Waals surface area contributed by atoms with E-state index in [2.05, 4.69) is 10.3 Å².